The third-order valence-corrected chi connectivity index (χ3v) is 10.4. The third-order valence-electron chi connectivity index (χ3n) is 10.4. The zero-order valence-electron chi connectivity index (χ0n) is 28.4. The van der Waals surface area contributed by atoms with Gasteiger partial charge in [-0.3, -0.25) is 14.4 Å². The summed E-state index contributed by atoms with van der Waals surface area (Å²) in [7, 11) is 0. The number of allylic oxidation sites excluding steroid dienone is 2. The molecule has 3 aliphatic rings. The fourth-order valence-corrected chi connectivity index (χ4v) is 7.20. The highest BCUT2D eigenvalue weighted by Gasteiger charge is 2.40. The van der Waals surface area contributed by atoms with E-state index in [4.69, 9.17) is 5.73 Å². The molecule has 1 saturated heterocycles. The maximum absolute atomic E-state index is 14.1. The first kappa shape index (κ1) is 36.9. The van der Waals surface area contributed by atoms with Crippen molar-refractivity contribution < 1.29 is 14.4 Å². The minimum Gasteiger partial charge on any atom is -0.349 e. The Bertz CT molecular complexity index is 1630. The SMILES string of the molecule is CC1(C[C@H](NC(=O)C2CCC(CN)CC2)C(=O)Nc2ccc(-c3nn[nH]n3)cc2)C=CC(c2ccccc2)=CC1NC(=O)C1CCNCC1.Cl. The number of carbonyl (C=O) groups is 3. The summed E-state index contributed by atoms with van der Waals surface area (Å²) < 4.78 is 0. The highest BCUT2D eigenvalue weighted by molar-refractivity contribution is 5.97. The number of nitrogens with two attached hydrogens (primary N) is 1. The number of amides is 3. The Morgan fingerprint density at radius 3 is 2.28 bits per heavy atom. The molecular weight excluding hydrogens is 654 g/mol. The number of halogens is 1. The van der Waals surface area contributed by atoms with Crippen LogP contribution in [0.25, 0.3) is 17.0 Å². The molecule has 1 aliphatic heterocycles. The number of nitrogens with one attached hydrogen (secondary N) is 5. The molecule has 50 heavy (non-hydrogen) atoms. The van der Waals surface area contributed by atoms with Crippen LogP contribution in [0.3, 0.4) is 0 Å². The molecular formula is C37H48ClN9O3. The third kappa shape index (κ3) is 9.04. The largest absolute Gasteiger partial charge is 0.349 e. The number of nitrogens with zero attached hydrogens (tertiary/aromatic N) is 3. The summed E-state index contributed by atoms with van der Waals surface area (Å²) in [5.74, 6) is 0.184. The van der Waals surface area contributed by atoms with E-state index >= 15 is 0 Å². The van der Waals surface area contributed by atoms with Crippen LogP contribution in [0.1, 0.15) is 57.4 Å². The van der Waals surface area contributed by atoms with Gasteiger partial charge < -0.3 is 27.0 Å². The van der Waals surface area contributed by atoms with Crippen LogP contribution >= 0.6 is 12.4 Å². The van der Waals surface area contributed by atoms with E-state index in [9.17, 15) is 14.4 Å². The average Bonchev–Trinajstić information content (AvgIpc) is 3.69. The summed E-state index contributed by atoms with van der Waals surface area (Å²) in [6, 6.07) is 15.9. The molecule has 2 aliphatic carbocycles. The second-order valence-corrected chi connectivity index (χ2v) is 13.9. The molecule has 2 heterocycles. The van der Waals surface area contributed by atoms with Crippen LogP contribution in [0.5, 0.6) is 0 Å². The van der Waals surface area contributed by atoms with Crippen LogP contribution in [-0.2, 0) is 14.4 Å². The van der Waals surface area contributed by atoms with Crippen molar-refractivity contribution in [3.05, 3.63) is 78.4 Å². The van der Waals surface area contributed by atoms with E-state index in [1.54, 1.807) is 24.3 Å². The molecule has 1 aromatic heterocycles. The molecule has 6 rings (SSSR count). The van der Waals surface area contributed by atoms with Crippen LogP contribution in [0.4, 0.5) is 5.69 Å². The Morgan fingerprint density at radius 2 is 1.62 bits per heavy atom. The summed E-state index contributed by atoms with van der Waals surface area (Å²) in [4.78, 5) is 41.5. The van der Waals surface area contributed by atoms with E-state index < -0.39 is 17.5 Å². The van der Waals surface area contributed by atoms with E-state index in [0.717, 1.165) is 68.3 Å². The first-order valence-corrected chi connectivity index (χ1v) is 17.4. The zero-order chi connectivity index (χ0) is 34.2. The molecule has 0 radical (unpaired) electrons. The maximum atomic E-state index is 14.1. The number of hydrogen-bond donors (Lipinski definition) is 6. The summed E-state index contributed by atoms with van der Waals surface area (Å²) >= 11 is 0. The summed E-state index contributed by atoms with van der Waals surface area (Å²) in [6.45, 7) is 4.29. The van der Waals surface area contributed by atoms with Gasteiger partial charge in [0.1, 0.15) is 6.04 Å². The summed E-state index contributed by atoms with van der Waals surface area (Å²) in [5.41, 5.74) is 8.59. The molecule has 12 nitrogen and oxygen atoms in total. The molecule has 7 N–H and O–H groups in total. The predicted octanol–water partition coefficient (Wildman–Crippen LogP) is 4.01. The minimum absolute atomic E-state index is 0. The number of hydrogen-bond acceptors (Lipinski definition) is 8. The first-order chi connectivity index (χ1) is 23.8. The molecule has 0 bridgehead atoms. The average molecular weight is 702 g/mol. The number of tetrazole rings is 1. The Hall–Kier alpha value is -4.39. The molecule has 0 spiro atoms. The second kappa shape index (κ2) is 17.0. The topological polar surface area (TPSA) is 180 Å². The van der Waals surface area contributed by atoms with Gasteiger partial charge in [-0.25, -0.2) is 0 Å². The lowest BCUT2D eigenvalue weighted by Gasteiger charge is -2.40. The van der Waals surface area contributed by atoms with Crippen LogP contribution in [0.2, 0.25) is 0 Å². The lowest BCUT2D eigenvalue weighted by molar-refractivity contribution is -0.131. The van der Waals surface area contributed by atoms with Gasteiger partial charge in [0.25, 0.3) is 0 Å². The molecule has 3 amide bonds. The smallest absolute Gasteiger partial charge is 0.246 e. The van der Waals surface area contributed by atoms with Crippen molar-refractivity contribution in [2.75, 3.05) is 25.0 Å². The van der Waals surface area contributed by atoms with Gasteiger partial charge in [-0.2, -0.15) is 5.21 Å². The molecule has 2 aromatic carbocycles. The van der Waals surface area contributed by atoms with Gasteiger partial charge in [-0.05, 0) is 111 Å². The van der Waals surface area contributed by atoms with Crippen LogP contribution in [-0.4, -0.2) is 70.1 Å². The Kier molecular flexibility index (Phi) is 12.6. The lowest BCUT2D eigenvalue weighted by Crippen LogP contribution is -2.54. The molecule has 2 unspecified atom stereocenters. The molecule has 266 valence electrons. The zero-order valence-corrected chi connectivity index (χ0v) is 29.3. The first-order valence-electron chi connectivity index (χ1n) is 17.4. The number of carbonyl (C=O) groups excluding carboxylic acids is 3. The fourth-order valence-electron chi connectivity index (χ4n) is 7.20. The monoisotopic (exact) mass is 701 g/mol. The highest BCUT2D eigenvalue weighted by Crippen LogP contribution is 2.38. The molecule has 1 saturated carbocycles. The quantitative estimate of drug-likeness (QED) is 0.174. The van der Waals surface area contributed by atoms with E-state index in [0.29, 0.717) is 24.0 Å². The number of aromatic nitrogens is 4. The number of anilines is 1. The Labute approximate surface area is 299 Å². The Morgan fingerprint density at radius 1 is 0.920 bits per heavy atom. The second-order valence-electron chi connectivity index (χ2n) is 13.9. The van der Waals surface area contributed by atoms with Crippen molar-refractivity contribution in [2.45, 2.75) is 64.0 Å². The minimum atomic E-state index is -0.865. The molecule has 13 heteroatoms. The van der Waals surface area contributed by atoms with Crippen molar-refractivity contribution in [3.8, 4) is 11.4 Å². The van der Waals surface area contributed by atoms with Crippen LogP contribution in [0, 0.1) is 23.2 Å². The molecule has 3 atom stereocenters. The predicted molar refractivity (Wildman–Crippen MR) is 196 cm³/mol. The van der Waals surface area contributed by atoms with Gasteiger partial charge in [-0.1, -0.05) is 55.5 Å². The van der Waals surface area contributed by atoms with Gasteiger partial charge in [0.2, 0.25) is 23.5 Å². The molecule has 2 fully saturated rings. The van der Waals surface area contributed by atoms with Crippen molar-refractivity contribution in [1.82, 2.24) is 36.6 Å². The number of H-pyrrole nitrogens is 1. The van der Waals surface area contributed by atoms with Crippen molar-refractivity contribution >= 4 is 41.4 Å². The lowest BCUT2D eigenvalue weighted by atomic mass is 9.72. The van der Waals surface area contributed by atoms with Crippen LogP contribution < -0.4 is 27.0 Å². The van der Waals surface area contributed by atoms with E-state index in [2.05, 4.69) is 60.1 Å². The van der Waals surface area contributed by atoms with Gasteiger partial charge in [0.05, 0.1) is 6.04 Å². The van der Waals surface area contributed by atoms with Gasteiger partial charge in [0.15, 0.2) is 0 Å². The normalized spacial score (nSPS) is 24.3. The Balaban J connectivity index is 0.00000486. The maximum Gasteiger partial charge on any atom is 0.246 e. The number of aromatic amines is 1. The fraction of sp³-hybridized carbons (Fsp3) is 0.459. The van der Waals surface area contributed by atoms with E-state index in [1.807, 2.05) is 37.3 Å². The highest BCUT2D eigenvalue weighted by atomic mass is 35.5. The number of benzene rings is 2. The van der Waals surface area contributed by atoms with E-state index in [-0.39, 0.29) is 48.4 Å². The van der Waals surface area contributed by atoms with Crippen molar-refractivity contribution in [2.24, 2.45) is 28.9 Å². The van der Waals surface area contributed by atoms with Gasteiger partial charge in [-0.15, -0.1) is 22.6 Å². The van der Waals surface area contributed by atoms with Gasteiger partial charge in [0, 0.05) is 28.5 Å². The standard InChI is InChI=1S/C37H47N9O3.ClH/c1-37(18-15-29(25-5-3-2-4-6-25)21-32(37)42-35(48)28-16-19-39-20-17-28)22-31(41-34(47)27-9-7-24(23-38)8-10-27)36(49)40-30-13-11-26(12-14-30)33-43-45-46-44-33;/h2-6,11-15,18,21,24,27-28,31-32,39H,7-10,16-17,19-20,22-23,38H2,1H3,(H,40,49)(H,41,47)(H,42,48)(H,43,44,45,46);1H/t24?,27?,31-,32?,37?;/m0./s1. The van der Waals surface area contributed by atoms with Crippen LogP contribution in [0.15, 0.2) is 72.8 Å². The van der Waals surface area contributed by atoms with Gasteiger partial charge >= 0.3 is 0 Å². The van der Waals surface area contributed by atoms with Crippen molar-refractivity contribution in [3.63, 3.8) is 0 Å². The summed E-state index contributed by atoms with van der Waals surface area (Å²) in [5, 5.41) is 26.9. The summed E-state index contributed by atoms with van der Waals surface area (Å²) in [6.07, 6.45) is 11.4. The molecule has 3 aromatic rings. The number of rotatable bonds is 11. The number of piperidine rings is 1. The van der Waals surface area contributed by atoms with Crippen molar-refractivity contribution in [1.29, 1.82) is 0 Å². The van der Waals surface area contributed by atoms with E-state index in [1.165, 1.54) is 0 Å².